The van der Waals surface area contributed by atoms with Gasteiger partial charge in [-0.25, -0.2) is 9.78 Å². The van der Waals surface area contributed by atoms with E-state index < -0.39 is 0 Å². The topological polar surface area (TPSA) is 65.2 Å². The lowest BCUT2D eigenvalue weighted by Gasteiger charge is -1.97. The summed E-state index contributed by atoms with van der Waals surface area (Å²) in [6.07, 6.45) is 4.78. The van der Waals surface area contributed by atoms with E-state index in [0.717, 1.165) is 5.03 Å². The third-order valence-electron chi connectivity index (χ3n) is 1.63. The largest absolute Gasteiger partial charge is 0.463 e. The van der Waals surface area contributed by atoms with Gasteiger partial charge in [0.15, 0.2) is 0 Å². The molecule has 1 aromatic heterocycles. The van der Waals surface area contributed by atoms with Crippen molar-refractivity contribution in [3.63, 3.8) is 0 Å². The molecule has 0 aliphatic rings. The number of hydrogen-bond donors (Lipinski definition) is 1. The quantitative estimate of drug-likeness (QED) is 0.482. The zero-order valence-electron chi connectivity index (χ0n) is 9.05. The molecule has 0 atom stereocenters. The van der Waals surface area contributed by atoms with Gasteiger partial charge < -0.3 is 10.5 Å². The van der Waals surface area contributed by atoms with E-state index in [0.29, 0.717) is 18.0 Å². The molecule has 0 spiro atoms. The van der Waals surface area contributed by atoms with Crippen LogP contribution in [0.4, 0.5) is 5.69 Å². The van der Waals surface area contributed by atoms with Crippen molar-refractivity contribution in [2.45, 2.75) is 11.9 Å². The number of nitrogen functional groups attached to an aromatic ring is 1. The zero-order valence-corrected chi connectivity index (χ0v) is 9.87. The van der Waals surface area contributed by atoms with Crippen LogP contribution >= 0.6 is 11.8 Å². The van der Waals surface area contributed by atoms with Crippen LogP contribution in [0.25, 0.3) is 0 Å². The summed E-state index contributed by atoms with van der Waals surface area (Å²) in [5.41, 5.74) is 6.15. The van der Waals surface area contributed by atoms with Gasteiger partial charge in [-0.15, -0.1) is 11.8 Å². The van der Waals surface area contributed by atoms with Crippen LogP contribution in [0.5, 0.6) is 0 Å². The van der Waals surface area contributed by atoms with Gasteiger partial charge in [-0.1, -0.05) is 6.08 Å². The van der Waals surface area contributed by atoms with Crippen molar-refractivity contribution in [1.82, 2.24) is 4.98 Å². The normalized spacial score (nSPS) is 10.6. The lowest BCUT2D eigenvalue weighted by atomic mass is 10.4. The Morgan fingerprint density at radius 1 is 1.62 bits per heavy atom. The second-order valence-corrected chi connectivity index (χ2v) is 3.94. The van der Waals surface area contributed by atoms with E-state index in [1.54, 1.807) is 25.3 Å². The average Bonchev–Trinajstić information content (AvgIpc) is 2.27. The Balaban J connectivity index is 2.30. The molecule has 0 amide bonds. The van der Waals surface area contributed by atoms with Crippen LogP contribution in [0, 0.1) is 0 Å². The van der Waals surface area contributed by atoms with Crippen molar-refractivity contribution in [3.8, 4) is 0 Å². The van der Waals surface area contributed by atoms with Crippen molar-refractivity contribution in [2.75, 3.05) is 18.1 Å². The standard InChI is InChI=1S/C11H14N2O2S/c1-2-15-11(14)4-3-7-16-10-6-5-9(12)8-13-10/h3-6,8H,2,7,12H2,1H3/b4-3+. The number of rotatable bonds is 5. The molecule has 0 unspecified atom stereocenters. The Morgan fingerprint density at radius 2 is 2.44 bits per heavy atom. The van der Waals surface area contributed by atoms with Crippen LogP contribution in [0.3, 0.4) is 0 Å². The van der Waals surface area contributed by atoms with Crippen LogP contribution < -0.4 is 5.73 Å². The molecule has 5 heteroatoms. The molecule has 0 fully saturated rings. The molecule has 2 N–H and O–H groups in total. The lowest BCUT2D eigenvalue weighted by molar-refractivity contribution is -0.137. The third-order valence-corrected chi connectivity index (χ3v) is 2.52. The number of aromatic nitrogens is 1. The number of carbonyl (C=O) groups excluding carboxylic acids is 1. The summed E-state index contributed by atoms with van der Waals surface area (Å²) in [5.74, 6) is 0.365. The first-order valence-electron chi connectivity index (χ1n) is 4.90. The number of nitrogens with zero attached hydrogens (tertiary/aromatic N) is 1. The smallest absolute Gasteiger partial charge is 0.330 e. The summed E-state index contributed by atoms with van der Waals surface area (Å²) in [6, 6.07) is 3.64. The molecule has 1 aromatic rings. The zero-order chi connectivity index (χ0) is 11.8. The highest BCUT2D eigenvalue weighted by Gasteiger charge is 1.95. The first-order chi connectivity index (χ1) is 7.72. The summed E-state index contributed by atoms with van der Waals surface area (Å²) in [4.78, 5) is 15.1. The molecule has 1 rings (SSSR count). The van der Waals surface area contributed by atoms with E-state index in [1.807, 2.05) is 6.07 Å². The van der Waals surface area contributed by atoms with E-state index in [-0.39, 0.29) is 5.97 Å². The van der Waals surface area contributed by atoms with Crippen LogP contribution in [-0.2, 0) is 9.53 Å². The van der Waals surface area contributed by atoms with Crippen LogP contribution in [0.15, 0.2) is 35.5 Å². The maximum absolute atomic E-state index is 10.9. The number of ether oxygens (including phenoxy) is 1. The van der Waals surface area contributed by atoms with Gasteiger partial charge in [0.1, 0.15) is 0 Å². The van der Waals surface area contributed by atoms with Gasteiger partial charge in [0.2, 0.25) is 0 Å². The number of thioether (sulfide) groups is 1. The lowest BCUT2D eigenvalue weighted by Crippen LogP contribution is -1.98. The third kappa shape index (κ3) is 4.84. The molecule has 0 saturated carbocycles. The highest BCUT2D eigenvalue weighted by atomic mass is 32.2. The molecule has 4 nitrogen and oxygen atoms in total. The Kier molecular flexibility index (Phi) is 5.42. The molecular weight excluding hydrogens is 224 g/mol. The van der Waals surface area contributed by atoms with Gasteiger partial charge >= 0.3 is 5.97 Å². The molecular formula is C11H14N2O2S. The molecule has 16 heavy (non-hydrogen) atoms. The highest BCUT2D eigenvalue weighted by Crippen LogP contribution is 2.15. The predicted molar refractivity (Wildman–Crippen MR) is 65.1 cm³/mol. The van der Waals surface area contributed by atoms with Gasteiger partial charge in [-0.05, 0) is 19.1 Å². The minimum absolute atomic E-state index is 0.312. The Labute approximate surface area is 98.9 Å². The Morgan fingerprint density at radius 3 is 3.06 bits per heavy atom. The van der Waals surface area contributed by atoms with Gasteiger partial charge in [0, 0.05) is 11.8 Å². The van der Waals surface area contributed by atoms with Crippen molar-refractivity contribution in [3.05, 3.63) is 30.5 Å². The Hall–Kier alpha value is -1.49. The fraction of sp³-hybridized carbons (Fsp3) is 0.273. The van der Waals surface area contributed by atoms with Crippen LogP contribution in [0.2, 0.25) is 0 Å². The summed E-state index contributed by atoms with van der Waals surface area (Å²) >= 11 is 1.53. The van der Waals surface area contributed by atoms with E-state index >= 15 is 0 Å². The van der Waals surface area contributed by atoms with E-state index in [2.05, 4.69) is 4.98 Å². The minimum atomic E-state index is -0.312. The van der Waals surface area contributed by atoms with Crippen LogP contribution in [0.1, 0.15) is 6.92 Å². The molecule has 86 valence electrons. The monoisotopic (exact) mass is 238 g/mol. The molecule has 0 bridgehead atoms. The highest BCUT2D eigenvalue weighted by molar-refractivity contribution is 7.99. The van der Waals surface area contributed by atoms with Crippen molar-refractivity contribution >= 4 is 23.4 Å². The average molecular weight is 238 g/mol. The van der Waals surface area contributed by atoms with E-state index in [1.165, 1.54) is 17.8 Å². The van der Waals surface area contributed by atoms with Gasteiger partial charge in [-0.3, -0.25) is 0 Å². The van der Waals surface area contributed by atoms with Crippen molar-refractivity contribution in [2.24, 2.45) is 0 Å². The fourth-order valence-corrected chi connectivity index (χ4v) is 1.60. The minimum Gasteiger partial charge on any atom is -0.463 e. The number of esters is 1. The van der Waals surface area contributed by atoms with Gasteiger partial charge in [0.05, 0.1) is 23.5 Å². The molecule has 0 radical (unpaired) electrons. The van der Waals surface area contributed by atoms with Crippen molar-refractivity contribution in [1.29, 1.82) is 0 Å². The summed E-state index contributed by atoms with van der Waals surface area (Å²) in [5, 5.41) is 0.878. The molecule has 0 aliphatic heterocycles. The number of carbonyl (C=O) groups is 1. The Bertz CT molecular complexity index is 363. The van der Waals surface area contributed by atoms with Gasteiger partial charge in [-0.2, -0.15) is 0 Å². The maximum atomic E-state index is 10.9. The van der Waals surface area contributed by atoms with Crippen molar-refractivity contribution < 1.29 is 9.53 Å². The van der Waals surface area contributed by atoms with E-state index in [4.69, 9.17) is 10.5 Å². The molecule has 0 saturated heterocycles. The number of pyridine rings is 1. The summed E-state index contributed by atoms with van der Waals surface area (Å²) in [7, 11) is 0. The van der Waals surface area contributed by atoms with Crippen LogP contribution in [-0.4, -0.2) is 23.3 Å². The molecule has 1 heterocycles. The molecule has 0 aromatic carbocycles. The SMILES string of the molecule is CCOC(=O)/C=C/CSc1ccc(N)cn1. The second-order valence-electron chi connectivity index (χ2n) is 2.90. The maximum Gasteiger partial charge on any atom is 0.330 e. The second kappa shape index (κ2) is 6.90. The predicted octanol–water partition coefficient (Wildman–Crippen LogP) is 1.88. The number of nitrogens with two attached hydrogens (primary N) is 1. The summed E-state index contributed by atoms with van der Waals surface area (Å²) < 4.78 is 4.74. The van der Waals surface area contributed by atoms with E-state index in [9.17, 15) is 4.79 Å². The molecule has 0 aliphatic carbocycles. The fourth-order valence-electron chi connectivity index (χ4n) is 0.945. The number of hydrogen-bond acceptors (Lipinski definition) is 5. The number of anilines is 1. The first-order valence-corrected chi connectivity index (χ1v) is 5.88. The first kappa shape index (κ1) is 12.6. The summed E-state index contributed by atoms with van der Waals surface area (Å²) in [6.45, 7) is 2.18. The van der Waals surface area contributed by atoms with Gasteiger partial charge in [0.25, 0.3) is 0 Å².